The fraction of sp³-hybridized carbons (Fsp3) is 0.348. The molecule has 0 spiro atoms. The second-order valence-corrected chi connectivity index (χ2v) is 7.61. The Morgan fingerprint density at radius 1 is 1.06 bits per heavy atom. The smallest absolute Gasteiger partial charge is 0.327 e. The molecule has 1 atom stereocenters. The summed E-state index contributed by atoms with van der Waals surface area (Å²) >= 11 is 0. The van der Waals surface area contributed by atoms with Gasteiger partial charge >= 0.3 is 6.03 Å². The van der Waals surface area contributed by atoms with Gasteiger partial charge in [-0.25, -0.2) is 4.79 Å². The number of amides is 4. The normalized spacial score (nSPS) is 17.4. The number of hydrogen-bond acceptors (Lipinski definition) is 6. The largest absolute Gasteiger partial charge is 0.497 e. The maximum Gasteiger partial charge on any atom is 0.327 e. The van der Waals surface area contributed by atoms with E-state index in [4.69, 9.17) is 14.2 Å². The molecule has 0 aliphatic carbocycles. The van der Waals surface area contributed by atoms with E-state index in [0.717, 1.165) is 6.42 Å². The van der Waals surface area contributed by atoms with E-state index in [1.165, 1.54) is 12.0 Å². The number of methoxy groups -OCH3 is 2. The zero-order valence-electron chi connectivity index (χ0n) is 18.0. The topological polar surface area (TPSA) is 97.4 Å². The Morgan fingerprint density at radius 3 is 2.50 bits per heavy atom. The molecule has 0 saturated carbocycles. The lowest BCUT2D eigenvalue weighted by atomic mass is 10.1. The molecule has 0 aromatic heterocycles. The van der Waals surface area contributed by atoms with Crippen molar-refractivity contribution < 1.29 is 28.6 Å². The molecule has 2 aromatic carbocycles. The van der Waals surface area contributed by atoms with E-state index >= 15 is 0 Å². The van der Waals surface area contributed by atoms with Gasteiger partial charge in [0.2, 0.25) is 0 Å². The number of carbonyl (C=O) groups excluding carboxylic acids is 3. The van der Waals surface area contributed by atoms with Crippen LogP contribution in [-0.4, -0.2) is 61.1 Å². The predicted molar refractivity (Wildman–Crippen MR) is 116 cm³/mol. The molecule has 2 aliphatic heterocycles. The molecule has 1 unspecified atom stereocenters. The van der Waals surface area contributed by atoms with Crippen molar-refractivity contribution in [3.05, 3.63) is 48.0 Å². The van der Waals surface area contributed by atoms with Crippen LogP contribution in [0.4, 0.5) is 10.5 Å². The number of fused-ring (bicyclic) bond motifs is 1. The van der Waals surface area contributed by atoms with E-state index in [1.807, 2.05) is 0 Å². The second-order valence-electron chi connectivity index (χ2n) is 7.61. The number of carbonyl (C=O) groups is 3. The fourth-order valence-electron chi connectivity index (χ4n) is 3.97. The maximum absolute atomic E-state index is 12.6. The SMILES string of the molecule is COc1ccc(OCC(=O)Nc2cc(CN3C(=O)C4CCCN4C3=O)ccc2OC)cc1. The van der Waals surface area contributed by atoms with Gasteiger partial charge in [-0.15, -0.1) is 0 Å². The number of ether oxygens (including phenoxy) is 3. The van der Waals surface area contributed by atoms with Gasteiger partial charge in [0.15, 0.2) is 6.61 Å². The van der Waals surface area contributed by atoms with Crippen molar-refractivity contribution in [2.75, 3.05) is 32.7 Å². The lowest BCUT2D eigenvalue weighted by Crippen LogP contribution is -2.32. The second kappa shape index (κ2) is 9.17. The molecule has 4 rings (SSSR count). The molecule has 2 aromatic rings. The number of hydrogen-bond donors (Lipinski definition) is 1. The van der Waals surface area contributed by atoms with E-state index in [2.05, 4.69) is 5.32 Å². The Kier molecular flexibility index (Phi) is 6.16. The van der Waals surface area contributed by atoms with E-state index in [0.29, 0.717) is 41.5 Å². The minimum atomic E-state index is -0.370. The van der Waals surface area contributed by atoms with Crippen LogP contribution in [0, 0.1) is 0 Å². The highest BCUT2D eigenvalue weighted by atomic mass is 16.5. The number of rotatable bonds is 8. The quantitative estimate of drug-likeness (QED) is 0.635. The summed E-state index contributed by atoms with van der Waals surface area (Å²) in [6, 6.07) is 11.5. The molecule has 4 amide bonds. The number of nitrogens with zero attached hydrogens (tertiary/aromatic N) is 2. The first-order valence-corrected chi connectivity index (χ1v) is 10.4. The summed E-state index contributed by atoms with van der Waals surface area (Å²) in [5.74, 6) is 1.16. The molecule has 2 aliphatic rings. The van der Waals surface area contributed by atoms with Gasteiger partial charge < -0.3 is 24.4 Å². The van der Waals surface area contributed by atoms with Crippen molar-refractivity contribution in [1.29, 1.82) is 0 Å². The van der Waals surface area contributed by atoms with Gasteiger partial charge in [-0.05, 0) is 54.8 Å². The summed E-state index contributed by atoms with van der Waals surface area (Å²) in [7, 11) is 3.07. The average molecular weight is 439 g/mol. The van der Waals surface area contributed by atoms with Crippen LogP contribution in [0.5, 0.6) is 17.2 Å². The predicted octanol–water partition coefficient (Wildman–Crippen LogP) is 2.65. The van der Waals surface area contributed by atoms with Crippen LogP contribution < -0.4 is 19.5 Å². The van der Waals surface area contributed by atoms with Gasteiger partial charge in [0.05, 0.1) is 26.5 Å². The van der Waals surface area contributed by atoms with Crippen molar-refractivity contribution in [2.24, 2.45) is 0 Å². The molecule has 9 heteroatoms. The average Bonchev–Trinajstić information content (AvgIpc) is 3.38. The third kappa shape index (κ3) is 4.32. The highest BCUT2D eigenvalue weighted by Gasteiger charge is 2.47. The van der Waals surface area contributed by atoms with Crippen molar-refractivity contribution in [2.45, 2.75) is 25.4 Å². The van der Waals surface area contributed by atoms with Gasteiger partial charge in [-0.2, -0.15) is 0 Å². The van der Waals surface area contributed by atoms with Crippen molar-refractivity contribution in [1.82, 2.24) is 9.80 Å². The summed E-state index contributed by atoms with van der Waals surface area (Å²) < 4.78 is 15.9. The third-order valence-corrected chi connectivity index (χ3v) is 5.59. The van der Waals surface area contributed by atoms with Crippen LogP contribution >= 0.6 is 0 Å². The minimum absolute atomic E-state index is 0.139. The zero-order valence-corrected chi connectivity index (χ0v) is 18.0. The first kappa shape index (κ1) is 21.5. The molecule has 0 bridgehead atoms. The van der Waals surface area contributed by atoms with E-state index in [1.54, 1.807) is 54.5 Å². The summed E-state index contributed by atoms with van der Waals surface area (Å²) in [6.45, 7) is 0.559. The molecular formula is C23H25N3O6. The number of benzene rings is 2. The molecular weight excluding hydrogens is 414 g/mol. The van der Waals surface area contributed by atoms with Crippen LogP contribution in [0.2, 0.25) is 0 Å². The van der Waals surface area contributed by atoms with E-state index < -0.39 is 0 Å². The summed E-state index contributed by atoms with van der Waals surface area (Å²) in [5.41, 5.74) is 1.15. The standard InChI is InChI=1S/C23H25N3O6/c1-30-16-6-8-17(9-7-16)32-14-21(27)24-18-12-15(5-10-20(18)31-2)13-26-22(28)19-4-3-11-25(19)23(26)29/h5-10,12,19H,3-4,11,13-14H2,1-2H3,(H,24,27). The van der Waals surface area contributed by atoms with Crippen LogP contribution in [0.1, 0.15) is 18.4 Å². The number of anilines is 1. The maximum atomic E-state index is 12.6. The van der Waals surface area contributed by atoms with Crippen molar-refractivity contribution in [3.8, 4) is 17.2 Å². The molecule has 9 nitrogen and oxygen atoms in total. The van der Waals surface area contributed by atoms with Crippen molar-refractivity contribution >= 4 is 23.5 Å². The summed E-state index contributed by atoms with van der Waals surface area (Å²) in [5, 5.41) is 2.77. The Morgan fingerprint density at radius 2 is 1.81 bits per heavy atom. The summed E-state index contributed by atoms with van der Waals surface area (Å²) in [4.78, 5) is 40.5. The molecule has 168 valence electrons. The Balaban J connectivity index is 1.41. The lowest BCUT2D eigenvalue weighted by molar-refractivity contribution is -0.128. The van der Waals surface area contributed by atoms with Gasteiger partial charge in [0, 0.05) is 6.54 Å². The lowest BCUT2D eigenvalue weighted by Gasteiger charge is -2.17. The third-order valence-electron chi connectivity index (χ3n) is 5.59. The molecule has 32 heavy (non-hydrogen) atoms. The number of imide groups is 1. The van der Waals surface area contributed by atoms with Gasteiger partial charge in [-0.1, -0.05) is 6.07 Å². The van der Waals surface area contributed by atoms with Gasteiger partial charge in [-0.3, -0.25) is 14.5 Å². The van der Waals surface area contributed by atoms with Crippen LogP contribution in [0.3, 0.4) is 0 Å². The molecule has 1 N–H and O–H groups in total. The first-order valence-electron chi connectivity index (χ1n) is 10.4. The van der Waals surface area contributed by atoms with Crippen LogP contribution in [0.25, 0.3) is 0 Å². The zero-order chi connectivity index (χ0) is 22.7. The van der Waals surface area contributed by atoms with Gasteiger partial charge in [0.1, 0.15) is 23.3 Å². The van der Waals surface area contributed by atoms with Crippen molar-refractivity contribution in [3.63, 3.8) is 0 Å². The van der Waals surface area contributed by atoms with E-state index in [-0.39, 0.29) is 37.0 Å². The Labute approximate surface area is 185 Å². The molecule has 2 fully saturated rings. The monoisotopic (exact) mass is 439 g/mol. The first-order chi connectivity index (χ1) is 15.5. The summed E-state index contributed by atoms with van der Waals surface area (Å²) in [6.07, 6.45) is 1.56. The van der Waals surface area contributed by atoms with Gasteiger partial charge in [0.25, 0.3) is 11.8 Å². The highest BCUT2D eigenvalue weighted by molar-refractivity contribution is 6.04. The Bertz CT molecular complexity index is 1000. The molecule has 0 radical (unpaired) electrons. The number of nitrogens with one attached hydrogen (secondary N) is 1. The number of urea groups is 1. The molecule has 2 saturated heterocycles. The Hall–Kier alpha value is -3.75. The fourth-order valence-corrected chi connectivity index (χ4v) is 3.97. The van der Waals surface area contributed by atoms with Crippen LogP contribution in [0.15, 0.2) is 42.5 Å². The van der Waals surface area contributed by atoms with Crippen LogP contribution in [-0.2, 0) is 16.1 Å². The molecule has 2 heterocycles. The minimum Gasteiger partial charge on any atom is -0.497 e. The van der Waals surface area contributed by atoms with E-state index in [9.17, 15) is 14.4 Å². The highest BCUT2D eigenvalue weighted by Crippen LogP contribution is 2.31.